The summed E-state index contributed by atoms with van der Waals surface area (Å²) >= 11 is 0. The number of aliphatic hydroxyl groups is 2. The number of aliphatic carboxylic acids is 1. The van der Waals surface area contributed by atoms with Crippen LogP contribution in [0.15, 0.2) is 48.5 Å². The Labute approximate surface area is 224 Å². The normalized spacial score (nSPS) is 15.6. The van der Waals surface area contributed by atoms with Gasteiger partial charge in [0, 0.05) is 12.8 Å². The van der Waals surface area contributed by atoms with Crippen LogP contribution in [0.25, 0.3) is 0 Å². The number of rotatable bonds is 13. The smallest absolute Gasteiger partial charge is 0.328 e. The number of hydrogen-bond donors (Lipinski definition) is 9. The molecule has 6 atom stereocenters. The second-order valence-electron chi connectivity index (χ2n) is 9.19. The Morgan fingerprint density at radius 1 is 0.692 bits per heavy atom. The fraction of sp³-hybridized carbons (Fsp3) is 0.385. The van der Waals surface area contributed by atoms with Crippen LogP contribution in [0.1, 0.15) is 25.0 Å². The fourth-order valence-corrected chi connectivity index (χ4v) is 3.56. The third-order valence-electron chi connectivity index (χ3n) is 5.89. The van der Waals surface area contributed by atoms with Gasteiger partial charge in [-0.1, -0.05) is 24.3 Å². The molecule has 0 fully saturated rings. The van der Waals surface area contributed by atoms with Gasteiger partial charge in [-0.15, -0.1) is 0 Å². The molecule has 0 saturated heterocycles. The molecule has 0 bridgehead atoms. The largest absolute Gasteiger partial charge is 0.508 e. The first-order chi connectivity index (χ1) is 18.3. The van der Waals surface area contributed by atoms with Crippen LogP contribution < -0.4 is 21.7 Å². The number of nitrogens with two attached hydrogens (primary N) is 1. The van der Waals surface area contributed by atoms with Crippen LogP contribution >= 0.6 is 0 Å². The number of aromatic hydroxyl groups is 2. The van der Waals surface area contributed by atoms with E-state index >= 15 is 0 Å². The Bertz CT molecular complexity index is 1140. The fourth-order valence-electron chi connectivity index (χ4n) is 3.56. The third kappa shape index (κ3) is 9.56. The lowest BCUT2D eigenvalue weighted by atomic mass is 10.0. The Morgan fingerprint density at radius 3 is 1.44 bits per heavy atom. The minimum absolute atomic E-state index is 0.0170. The van der Waals surface area contributed by atoms with Crippen molar-refractivity contribution >= 4 is 23.7 Å². The predicted octanol–water partition coefficient (Wildman–Crippen LogP) is -1.49. The van der Waals surface area contributed by atoms with E-state index in [1.807, 2.05) is 0 Å². The Kier molecular flexibility index (Phi) is 11.2. The van der Waals surface area contributed by atoms with Gasteiger partial charge in [0.05, 0.1) is 12.2 Å². The highest BCUT2D eigenvalue weighted by atomic mass is 16.4. The minimum Gasteiger partial charge on any atom is -0.508 e. The predicted molar refractivity (Wildman–Crippen MR) is 138 cm³/mol. The van der Waals surface area contributed by atoms with E-state index in [9.17, 15) is 44.7 Å². The lowest BCUT2D eigenvalue weighted by Gasteiger charge is -2.26. The molecule has 2 rings (SSSR count). The molecule has 2 aromatic carbocycles. The van der Waals surface area contributed by atoms with E-state index in [-0.39, 0.29) is 24.3 Å². The van der Waals surface area contributed by atoms with Crippen molar-refractivity contribution in [1.82, 2.24) is 16.0 Å². The monoisotopic (exact) mass is 546 g/mol. The Balaban J connectivity index is 2.35. The maximum absolute atomic E-state index is 13.4. The topological polar surface area (TPSA) is 232 Å². The number of carbonyl (C=O) groups excluding carboxylic acids is 3. The van der Waals surface area contributed by atoms with Gasteiger partial charge in [-0.05, 0) is 49.2 Å². The van der Waals surface area contributed by atoms with Crippen LogP contribution in [0, 0.1) is 0 Å². The van der Waals surface area contributed by atoms with Crippen molar-refractivity contribution in [2.45, 2.75) is 63.1 Å². The maximum atomic E-state index is 13.4. The zero-order chi connectivity index (χ0) is 29.3. The van der Waals surface area contributed by atoms with Crippen molar-refractivity contribution in [3.05, 3.63) is 59.7 Å². The highest BCUT2D eigenvalue weighted by Gasteiger charge is 2.32. The number of carboxylic acids is 1. The molecular formula is C26H34N4O9. The summed E-state index contributed by atoms with van der Waals surface area (Å²) in [6.07, 6.45) is -2.87. The van der Waals surface area contributed by atoms with Crippen LogP contribution in [0.5, 0.6) is 11.5 Å². The van der Waals surface area contributed by atoms with Crippen molar-refractivity contribution in [3.63, 3.8) is 0 Å². The number of phenolic OH excluding ortho intramolecular Hbond substituents is 2. The molecule has 39 heavy (non-hydrogen) atoms. The highest BCUT2D eigenvalue weighted by molar-refractivity contribution is 5.94. The highest BCUT2D eigenvalue weighted by Crippen LogP contribution is 2.14. The molecule has 6 unspecified atom stereocenters. The van der Waals surface area contributed by atoms with E-state index < -0.39 is 60.1 Å². The van der Waals surface area contributed by atoms with Gasteiger partial charge in [-0.3, -0.25) is 14.4 Å². The van der Waals surface area contributed by atoms with Crippen LogP contribution in [-0.2, 0) is 32.0 Å². The number of carboxylic acid groups (broad SMARTS) is 1. The Morgan fingerprint density at radius 2 is 1.08 bits per heavy atom. The number of aliphatic hydroxyl groups excluding tert-OH is 2. The van der Waals surface area contributed by atoms with Crippen molar-refractivity contribution in [2.24, 2.45) is 5.73 Å². The zero-order valence-corrected chi connectivity index (χ0v) is 21.4. The molecule has 0 heterocycles. The van der Waals surface area contributed by atoms with E-state index in [1.54, 1.807) is 0 Å². The van der Waals surface area contributed by atoms with E-state index in [2.05, 4.69) is 16.0 Å². The zero-order valence-electron chi connectivity index (χ0n) is 21.4. The summed E-state index contributed by atoms with van der Waals surface area (Å²) in [6.45, 7) is 2.49. The van der Waals surface area contributed by atoms with Gasteiger partial charge in [0.15, 0.2) is 6.04 Å². The summed E-state index contributed by atoms with van der Waals surface area (Å²) in [5.74, 6) is -4.11. The Hall–Kier alpha value is -4.20. The molecule has 13 nitrogen and oxygen atoms in total. The van der Waals surface area contributed by atoms with Crippen molar-refractivity contribution in [3.8, 4) is 11.5 Å². The first-order valence-electron chi connectivity index (χ1n) is 12.1. The van der Waals surface area contributed by atoms with Crippen molar-refractivity contribution < 1.29 is 44.7 Å². The molecule has 0 aliphatic rings. The van der Waals surface area contributed by atoms with E-state index in [1.165, 1.54) is 62.4 Å². The molecule has 0 saturated carbocycles. The summed E-state index contributed by atoms with van der Waals surface area (Å²) in [5, 5.41) is 55.1. The average molecular weight is 547 g/mol. The molecule has 3 amide bonds. The molecule has 13 heteroatoms. The molecule has 212 valence electrons. The molecular weight excluding hydrogens is 512 g/mol. The molecule has 0 spiro atoms. The molecule has 0 aliphatic carbocycles. The van der Waals surface area contributed by atoms with Gasteiger partial charge in [-0.25, -0.2) is 4.79 Å². The summed E-state index contributed by atoms with van der Waals surface area (Å²) in [6, 6.07) is 5.92. The lowest BCUT2D eigenvalue weighted by Crippen LogP contribution is -2.59. The first kappa shape index (κ1) is 31.0. The third-order valence-corrected chi connectivity index (χ3v) is 5.89. The van der Waals surface area contributed by atoms with Gasteiger partial charge in [0.1, 0.15) is 29.6 Å². The first-order valence-corrected chi connectivity index (χ1v) is 12.1. The van der Waals surface area contributed by atoms with Gasteiger partial charge in [-0.2, -0.15) is 0 Å². The van der Waals surface area contributed by atoms with E-state index in [0.29, 0.717) is 11.1 Å². The van der Waals surface area contributed by atoms with E-state index in [4.69, 9.17) is 5.73 Å². The van der Waals surface area contributed by atoms with Crippen LogP contribution in [-0.4, -0.2) is 85.6 Å². The molecule has 0 aliphatic heterocycles. The number of amides is 3. The van der Waals surface area contributed by atoms with Gasteiger partial charge >= 0.3 is 5.97 Å². The lowest BCUT2D eigenvalue weighted by molar-refractivity contribution is -0.145. The second kappa shape index (κ2) is 14.1. The molecule has 0 radical (unpaired) electrons. The molecule has 2 aromatic rings. The number of carbonyl (C=O) groups is 4. The minimum atomic E-state index is -1.66. The van der Waals surface area contributed by atoms with Crippen LogP contribution in [0.2, 0.25) is 0 Å². The number of phenols is 2. The van der Waals surface area contributed by atoms with Crippen LogP contribution in [0.4, 0.5) is 0 Å². The molecule has 0 aromatic heterocycles. The number of benzene rings is 2. The van der Waals surface area contributed by atoms with Crippen molar-refractivity contribution in [1.29, 1.82) is 0 Å². The standard InChI is InChI=1S/C26H34N4O9/c1-13(31)21(27)25(37)29-19(11-15-3-7-17(33)8-4-15)23(35)28-20(12-16-5-9-18(34)10-6-16)24(36)30-22(14(2)32)26(38)39/h3-10,13-14,19-22,31-34H,11-12,27H2,1-2H3,(H,28,35)(H,29,37)(H,30,36)(H,38,39). The van der Waals surface area contributed by atoms with E-state index in [0.717, 1.165) is 0 Å². The summed E-state index contributed by atoms with van der Waals surface area (Å²) in [5.41, 5.74) is 6.75. The number of nitrogens with one attached hydrogen (secondary N) is 3. The SMILES string of the molecule is CC(O)C(N)C(=O)NC(Cc1ccc(O)cc1)C(=O)NC(Cc1ccc(O)cc1)C(=O)NC(C(=O)O)C(C)O. The van der Waals surface area contributed by atoms with Crippen molar-refractivity contribution in [2.75, 3.05) is 0 Å². The van der Waals surface area contributed by atoms with Gasteiger partial charge < -0.3 is 47.2 Å². The quantitative estimate of drug-likeness (QED) is 0.141. The summed E-state index contributed by atoms with van der Waals surface area (Å²) in [7, 11) is 0. The van der Waals surface area contributed by atoms with Gasteiger partial charge in [0.2, 0.25) is 17.7 Å². The summed E-state index contributed by atoms with van der Waals surface area (Å²) < 4.78 is 0. The van der Waals surface area contributed by atoms with Crippen LogP contribution in [0.3, 0.4) is 0 Å². The number of hydrogen-bond acceptors (Lipinski definition) is 9. The van der Waals surface area contributed by atoms with Gasteiger partial charge in [0.25, 0.3) is 0 Å². The second-order valence-corrected chi connectivity index (χ2v) is 9.19. The maximum Gasteiger partial charge on any atom is 0.328 e. The summed E-state index contributed by atoms with van der Waals surface area (Å²) in [4.78, 5) is 50.6. The molecule has 10 N–H and O–H groups in total. The average Bonchev–Trinajstić information content (AvgIpc) is 2.87.